The van der Waals surface area contributed by atoms with E-state index in [4.69, 9.17) is 0 Å². The molecule has 1 aliphatic heterocycles. The maximum absolute atomic E-state index is 12.5. The average Bonchev–Trinajstić information content (AvgIpc) is 3.26. The molecule has 0 spiro atoms. The number of hydrogen-bond donors (Lipinski definition) is 1. The smallest absolute Gasteiger partial charge is 0.257 e. The zero-order valence-electron chi connectivity index (χ0n) is 13.8. The number of thiazole rings is 1. The molecule has 0 aliphatic carbocycles. The van der Waals surface area contributed by atoms with Gasteiger partial charge in [-0.05, 0) is 25.1 Å². The first-order valence-electron chi connectivity index (χ1n) is 7.96. The molecule has 8 nitrogen and oxygen atoms in total. The summed E-state index contributed by atoms with van der Waals surface area (Å²) < 4.78 is 33.8. The average molecular weight is 410 g/mol. The molecule has 1 aromatic carbocycles. The molecule has 11 heteroatoms. The van der Waals surface area contributed by atoms with Crippen LogP contribution in [0.15, 0.2) is 18.2 Å². The first-order chi connectivity index (χ1) is 12.5. The number of rotatable bonds is 4. The van der Waals surface area contributed by atoms with Gasteiger partial charge in [0.1, 0.15) is 11.0 Å². The summed E-state index contributed by atoms with van der Waals surface area (Å²) in [5.74, 6) is -0.192. The minimum Gasteiger partial charge on any atom is -0.298 e. The summed E-state index contributed by atoms with van der Waals surface area (Å²) in [5.41, 5.74) is 2.77. The van der Waals surface area contributed by atoms with Crippen molar-refractivity contribution in [2.75, 3.05) is 17.6 Å². The van der Waals surface area contributed by atoms with Crippen molar-refractivity contribution in [2.45, 2.75) is 19.9 Å². The van der Waals surface area contributed by atoms with Crippen molar-refractivity contribution in [3.63, 3.8) is 0 Å². The molecule has 136 valence electrons. The van der Waals surface area contributed by atoms with Crippen LogP contribution in [0.25, 0.3) is 11.0 Å². The highest BCUT2D eigenvalue weighted by molar-refractivity contribution is 7.89. The molecule has 0 saturated carbocycles. The highest BCUT2D eigenvalue weighted by Gasteiger charge is 2.28. The molecule has 1 N–H and O–H groups in total. The van der Waals surface area contributed by atoms with E-state index in [1.54, 1.807) is 25.1 Å². The Labute approximate surface area is 158 Å². The van der Waals surface area contributed by atoms with E-state index in [1.165, 1.54) is 15.6 Å². The molecule has 1 aliphatic rings. The molecule has 26 heavy (non-hydrogen) atoms. The van der Waals surface area contributed by atoms with Crippen molar-refractivity contribution in [3.05, 3.63) is 34.3 Å². The molecule has 2 aromatic heterocycles. The summed E-state index contributed by atoms with van der Waals surface area (Å²) >= 11 is 2.42. The molecule has 0 saturated heterocycles. The number of fused-ring (bicyclic) bond motifs is 2. The highest BCUT2D eigenvalue weighted by Crippen LogP contribution is 2.30. The van der Waals surface area contributed by atoms with Crippen molar-refractivity contribution in [1.29, 1.82) is 0 Å². The zero-order valence-corrected chi connectivity index (χ0v) is 16.2. The number of nitrogens with zero attached hydrogens (tertiary/aromatic N) is 4. The van der Waals surface area contributed by atoms with Gasteiger partial charge in [0.2, 0.25) is 10.0 Å². The molecule has 1 amide bonds. The number of nitrogens with one attached hydrogen (secondary N) is 1. The molecular weight excluding hydrogens is 394 g/mol. The lowest BCUT2D eigenvalue weighted by atomic mass is 10.2. The maximum Gasteiger partial charge on any atom is 0.257 e. The van der Waals surface area contributed by atoms with Crippen LogP contribution in [0.3, 0.4) is 0 Å². The van der Waals surface area contributed by atoms with E-state index in [-0.39, 0.29) is 11.7 Å². The van der Waals surface area contributed by atoms with Gasteiger partial charge in [-0.25, -0.2) is 13.4 Å². The van der Waals surface area contributed by atoms with Crippen LogP contribution in [0.1, 0.15) is 27.9 Å². The predicted octanol–water partition coefficient (Wildman–Crippen LogP) is 2.11. The number of carbonyl (C=O) groups excluding carboxylic acids is 1. The van der Waals surface area contributed by atoms with Crippen LogP contribution < -0.4 is 5.32 Å². The van der Waals surface area contributed by atoms with Crippen molar-refractivity contribution in [3.8, 4) is 0 Å². The summed E-state index contributed by atoms with van der Waals surface area (Å²) in [6.45, 7) is 2.38. The number of carbonyl (C=O) groups is 1. The second kappa shape index (κ2) is 6.65. The van der Waals surface area contributed by atoms with Crippen LogP contribution in [0, 0.1) is 0 Å². The van der Waals surface area contributed by atoms with Gasteiger partial charge in [0.15, 0.2) is 5.13 Å². The van der Waals surface area contributed by atoms with Gasteiger partial charge < -0.3 is 0 Å². The maximum atomic E-state index is 12.5. The Kier molecular flexibility index (Phi) is 4.47. The minimum atomic E-state index is -3.22. The summed E-state index contributed by atoms with van der Waals surface area (Å²) in [4.78, 5) is 17.8. The Morgan fingerprint density at radius 1 is 1.31 bits per heavy atom. The van der Waals surface area contributed by atoms with E-state index >= 15 is 0 Å². The molecule has 3 heterocycles. The fourth-order valence-electron chi connectivity index (χ4n) is 2.74. The largest absolute Gasteiger partial charge is 0.298 e. The third-order valence-corrected chi connectivity index (χ3v) is 7.57. The van der Waals surface area contributed by atoms with E-state index < -0.39 is 10.0 Å². The number of anilines is 1. The van der Waals surface area contributed by atoms with Crippen molar-refractivity contribution in [1.82, 2.24) is 18.0 Å². The molecule has 0 unspecified atom stereocenters. The van der Waals surface area contributed by atoms with Crippen LogP contribution in [0.2, 0.25) is 0 Å². The molecule has 4 rings (SSSR count). The summed E-state index contributed by atoms with van der Waals surface area (Å²) in [5, 5.41) is 3.27. The van der Waals surface area contributed by atoms with Gasteiger partial charge in [-0.3, -0.25) is 10.1 Å². The first-order valence-corrected chi connectivity index (χ1v) is 11.1. The molecule has 0 bridgehead atoms. The van der Waals surface area contributed by atoms with Gasteiger partial charge in [0.05, 0.1) is 23.2 Å². The monoisotopic (exact) mass is 409 g/mol. The van der Waals surface area contributed by atoms with Gasteiger partial charge in [-0.2, -0.15) is 13.1 Å². The Balaban J connectivity index is 1.52. The predicted molar refractivity (Wildman–Crippen MR) is 101 cm³/mol. The number of aromatic nitrogens is 3. The third kappa shape index (κ3) is 3.22. The number of amides is 1. The van der Waals surface area contributed by atoms with Gasteiger partial charge in [0, 0.05) is 30.0 Å². The lowest BCUT2D eigenvalue weighted by molar-refractivity contribution is 0.102. The molecule has 0 atom stereocenters. The van der Waals surface area contributed by atoms with E-state index in [9.17, 15) is 13.2 Å². The topological polar surface area (TPSA) is 105 Å². The number of hydrogen-bond acceptors (Lipinski definition) is 8. The second-order valence-corrected chi connectivity index (χ2v) is 9.66. The lowest BCUT2D eigenvalue weighted by Crippen LogP contribution is -2.36. The fourth-order valence-corrected chi connectivity index (χ4v) is 5.42. The minimum absolute atomic E-state index is 0.0820. The Hall–Kier alpha value is -1.95. The van der Waals surface area contributed by atoms with Crippen LogP contribution >= 0.6 is 23.1 Å². The van der Waals surface area contributed by atoms with Gasteiger partial charge >= 0.3 is 0 Å². The van der Waals surface area contributed by atoms with Gasteiger partial charge in [0.25, 0.3) is 5.91 Å². The summed E-state index contributed by atoms with van der Waals surface area (Å²) in [6, 6.07) is 5.15. The van der Waals surface area contributed by atoms with E-state index in [1.807, 2.05) is 0 Å². The molecule has 0 radical (unpaired) electrons. The van der Waals surface area contributed by atoms with E-state index in [2.05, 4.69) is 19.0 Å². The van der Waals surface area contributed by atoms with Crippen molar-refractivity contribution >= 4 is 55.2 Å². The standard InChI is InChI=1S/C15H15N5O3S3/c1-2-26(22,23)20-6-5-11-13(8-20)24-15(16-11)17-14(21)9-3-4-10-12(7-9)19-25-18-10/h3-4,7H,2,5-6,8H2,1H3,(H,16,17,21). The zero-order chi connectivity index (χ0) is 18.3. The fraction of sp³-hybridized carbons (Fsp3) is 0.333. The first kappa shape index (κ1) is 17.5. The SMILES string of the molecule is CCS(=O)(=O)N1CCc2nc(NC(=O)c3ccc4nsnc4c3)sc2C1. The third-order valence-electron chi connectivity index (χ3n) is 4.19. The molecular formula is C15H15N5O3S3. The normalized spacial score (nSPS) is 15.1. The quantitative estimate of drug-likeness (QED) is 0.707. The molecule has 0 fully saturated rings. The summed E-state index contributed by atoms with van der Waals surface area (Å²) in [6.07, 6.45) is 0.553. The van der Waals surface area contributed by atoms with Gasteiger partial charge in [-0.1, -0.05) is 0 Å². The Morgan fingerprint density at radius 2 is 2.12 bits per heavy atom. The van der Waals surface area contributed by atoms with E-state index in [0.717, 1.165) is 27.8 Å². The van der Waals surface area contributed by atoms with Crippen LogP contribution in [-0.2, 0) is 23.0 Å². The van der Waals surface area contributed by atoms with Crippen molar-refractivity contribution < 1.29 is 13.2 Å². The van der Waals surface area contributed by atoms with Crippen LogP contribution in [0.4, 0.5) is 5.13 Å². The summed E-state index contributed by atoms with van der Waals surface area (Å²) in [7, 11) is -3.22. The highest BCUT2D eigenvalue weighted by atomic mass is 32.2. The Bertz CT molecular complexity index is 1090. The van der Waals surface area contributed by atoms with Crippen LogP contribution in [0.5, 0.6) is 0 Å². The van der Waals surface area contributed by atoms with E-state index in [0.29, 0.717) is 35.7 Å². The Morgan fingerprint density at radius 3 is 2.92 bits per heavy atom. The number of benzene rings is 1. The van der Waals surface area contributed by atoms with Crippen molar-refractivity contribution in [2.24, 2.45) is 0 Å². The van der Waals surface area contributed by atoms with Crippen LogP contribution in [-0.4, -0.2) is 44.7 Å². The van der Waals surface area contributed by atoms with Gasteiger partial charge in [-0.15, -0.1) is 11.3 Å². The molecule has 3 aromatic rings. The second-order valence-electron chi connectivity index (χ2n) is 5.79. The lowest BCUT2D eigenvalue weighted by Gasteiger charge is -2.24. The number of sulfonamides is 1.